The van der Waals surface area contributed by atoms with Crippen molar-refractivity contribution in [3.8, 4) is 0 Å². The van der Waals surface area contributed by atoms with E-state index in [2.05, 4.69) is 19.0 Å². The maximum Gasteiger partial charge on any atom is 0.259 e. The molecule has 1 aliphatic rings. The van der Waals surface area contributed by atoms with Crippen molar-refractivity contribution < 1.29 is 9.32 Å². The molecule has 2 heterocycles. The van der Waals surface area contributed by atoms with Gasteiger partial charge in [-0.05, 0) is 25.7 Å². The highest BCUT2D eigenvalue weighted by Crippen LogP contribution is 2.29. The van der Waals surface area contributed by atoms with Gasteiger partial charge in [0.25, 0.3) is 5.91 Å². The minimum atomic E-state index is -0.0487. The summed E-state index contributed by atoms with van der Waals surface area (Å²) in [5.41, 5.74) is 7.29. The molecule has 2 N–H and O–H groups in total. The largest absolute Gasteiger partial charge is 0.361 e. The van der Waals surface area contributed by atoms with Crippen molar-refractivity contribution in [1.82, 2.24) is 10.1 Å². The Morgan fingerprint density at radius 1 is 1.50 bits per heavy atom. The van der Waals surface area contributed by atoms with Crippen LogP contribution in [0.2, 0.25) is 0 Å². The van der Waals surface area contributed by atoms with Crippen molar-refractivity contribution in [2.45, 2.75) is 40.2 Å². The number of aryl methyl sites for hydroxylation is 2. The molecule has 0 aliphatic carbocycles. The summed E-state index contributed by atoms with van der Waals surface area (Å²) in [7, 11) is 0. The lowest BCUT2D eigenvalue weighted by atomic mass is 9.79. The van der Waals surface area contributed by atoms with Crippen LogP contribution in [0.5, 0.6) is 0 Å². The molecule has 1 amide bonds. The number of likely N-dealkylation sites (tertiary alicyclic amines) is 1. The number of carbonyl (C=O) groups excluding carboxylic acids is 1. The molecule has 2 rings (SSSR count). The van der Waals surface area contributed by atoms with Crippen molar-refractivity contribution in [3.05, 3.63) is 17.0 Å². The molecule has 0 spiro atoms. The van der Waals surface area contributed by atoms with Gasteiger partial charge in [-0.25, -0.2) is 0 Å². The first-order valence-corrected chi connectivity index (χ1v) is 6.30. The first-order chi connectivity index (χ1) is 8.33. The van der Waals surface area contributed by atoms with E-state index in [4.69, 9.17) is 10.3 Å². The SMILES string of the molecule is Cc1noc(C)c1C(=O)N1CCC(N)C(C)(C)C1. The lowest BCUT2D eigenvalue weighted by Crippen LogP contribution is -2.54. The van der Waals surface area contributed by atoms with E-state index >= 15 is 0 Å². The molecule has 5 heteroatoms. The zero-order chi connectivity index (χ0) is 13.5. The third-order valence-corrected chi connectivity index (χ3v) is 3.85. The summed E-state index contributed by atoms with van der Waals surface area (Å²) in [6, 6.07) is 0.145. The Balaban J connectivity index is 2.21. The van der Waals surface area contributed by atoms with Crippen LogP contribution in [0.4, 0.5) is 0 Å². The van der Waals surface area contributed by atoms with Gasteiger partial charge in [0.05, 0.1) is 5.69 Å². The zero-order valence-corrected chi connectivity index (χ0v) is 11.5. The fourth-order valence-electron chi connectivity index (χ4n) is 2.49. The van der Waals surface area contributed by atoms with Gasteiger partial charge >= 0.3 is 0 Å². The molecular formula is C13H21N3O2. The second kappa shape index (κ2) is 4.39. The van der Waals surface area contributed by atoms with Crippen molar-refractivity contribution >= 4 is 5.91 Å². The third kappa shape index (κ3) is 2.14. The van der Waals surface area contributed by atoms with Crippen molar-refractivity contribution in [2.75, 3.05) is 13.1 Å². The maximum absolute atomic E-state index is 12.5. The average Bonchev–Trinajstić information content (AvgIpc) is 2.61. The van der Waals surface area contributed by atoms with Crippen LogP contribution in [0.25, 0.3) is 0 Å². The van der Waals surface area contributed by atoms with Crippen LogP contribution in [-0.2, 0) is 0 Å². The Hall–Kier alpha value is -1.36. The highest BCUT2D eigenvalue weighted by molar-refractivity contribution is 5.96. The summed E-state index contributed by atoms with van der Waals surface area (Å²) in [5, 5.41) is 3.84. The Kier molecular flexibility index (Phi) is 3.19. The maximum atomic E-state index is 12.5. The Labute approximate surface area is 107 Å². The lowest BCUT2D eigenvalue weighted by molar-refractivity contribution is 0.0530. The highest BCUT2D eigenvalue weighted by atomic mass is 16.5. The van der Waals surface area contributed by atoms with E-state index in [1.54, 1.807) is 13.8 Å². The van der Waals surface area contributed by atoms with Crippen LogP contribution >= 0.6 is 0 Å². The van der Waals surface area contributed by atoms with Gasteiger partial charge < -0.3 is 15.2 Å². The molecular weight excluding hydrogens is 230 g/mol. The van der Waals surface area contributed by atoms with Crippen molar-refractivity contribution in [3.63, 3.8) is 0 Å². The molecule has 1 atom stereocenters. The van der Waals surface area contributed by atoms with E-state index in [1.807, 2.05) is 4.90 Å². The lowest BCUT2D eigenvalue weighted by Gasteiger charge is -2.42. The van der Waals surface area contributed by atoms with Crippen molar-refractivity contribution in [2.24, 2.45) is 11.1 Å². The van der Waals surface area contributed by atoms with E-state index in [9.17, 15) is 4.79 Å². The molecule has 1 unspecified atom stereocenters. The molecule has 5 nitrogen and oxygen atoms in total. The second-order valence-corrected chi connectivity index (χ2v) is 5.81. The topological polar surface area (TPSA) is 72.4 Å². The zero-order valence-electron chi connectivity index (χ0n) is 11.5. The monoisotopic (exact) mass is 251 g/mol. The predicted octanol–water partition coefficient (Wildman–Crippen LogP) is 1.49. The van der Waals surface area contributed by atoms with E-state index < -0.39 is 0 Å². The molecule has 0 aromatic carbocycles. The summed E-state index contributed by atoms with van der Waals surface area (Å²) in [6.07, 6.45) is 0.835. The quantitative estimate of drug-likeness (QED) is 0.820. The van der Waals surface area contributed by atoms with Crippen LogP contribution in [0.15, 0.2) is 4.52 Å². The normalized spacial score (nSPS) is 23.2. The molecule has 100 valence electrons. The van der Waals surface area contributed by atoms with Crippen LogP contribution in [0.3, 0.4) is 0 Å². The van der Waals surface area contributed by atoms with Crippen molar-refractivity contribution in [1.29, 1.82) is 0 Å². The summed E-state index contributed by atoms with van der Waals surface area (Å²) in [5.74, 6) is 0.594. The molecule has 1 fully saturated rings. The van der Waals surface area contributed by atoms with Gasteiger partial charge in [0.1, 0.15) is 11.3 Å². The summed E-state index contributed by atoms with van der Waals surface area (Å²) in [6.45, 7) is 9.15. The van der Waals surface area contributed by atoms with Gasteiger partial charge in [-0.1, -0.05) is 19.0 Å². The average molecular weight is 251 g/mol. The molecule has 0 saturated carbocycles. The smallest absolute Gasteiger partial charge is 0.259 e. The molecule has 18 heavy (non-hydrogen) atoms. The first-order valence-electron chi connectivity index (χ1n) is 6.30. The summed E-state index contributed by atoms with van der Waals surface area (Å²) < 4.78 is 5.06. The Morgan fingerprint density at radius 2 is 2.17 bits per heavy atom. The minimum Gasteiger partial charge on any atom is -0.361 e. The predicted molar refractivity (Wildman–Crippen MR) is 68.3 cm³/mol. The Morgan fingerprint density at radius 3 is 2.67 bits per heavy atom. The first kappa shape index (κ1) is 13.1. The van der Waals surface area contributed by atoms with Gasteiger partial charge in [-0.2, -0.15) is 0 Å². The fourth-order valence-corrected chi connectivity index (χ4v) is 2.49. The Bertz CT molecular complexity index is 445. The molecule has 1 aromatic heterocycles. The fraction of sp³-hybridized carbons (Fsp3) is 0.692. The second-order valence-electron chi connectivity index (χ2n) is 5.81. The standard InChI is InChI=1S/C13H21N3O2/c1-8-11(9(2)18-15-8)12(17)16-6-5-10(14)13(3,4)7-16/h10H,5-7,14H2,1-4H3. The number of carbonyl (C=O) groups is 1. The molecule has 1 saturated heterocycles. The number of nitrogens with two attached hydrogens (primary N) is 1. The molecule has 0 radical (unpaired) electrons. The van der Waals surface area contributed by atoms with Gasteiger partial charge in [-0.15, -0.1) is 0 Å². The van der Waals surface area contributed by atoms with Gasteiger partial charge in [0.15, 0.2) is 0 Å². The van der Waals surface area contributed by atoms with Gasteiger partial charge in [0, 0.05) is 19.1 Å². The highest BCUT2D eigenvalue weighted by Gasteiger charge is 2.36. The van der Waals surface area contributed by atoms with E-state index in [0.29, 0.717) is 30.1 Å². The van der Waals surface area contributed by atoms with Crippen LogP contribution in [0.1, 0.15) is 42.1 Å². The van der Waals surface area contributed by atoms with Crippen LogP contribution in [-0.4, -0.2) is 35.1 Å². The van der Waals surface area contributed by atoms with Gasteiger partial charge in [0.2, 0.25) is 0 Å². The number of amides is 1. The minimum absolute atomic E-state index is 0.00576. The summed E-state index contributed by atoms with van der Waals surface area (Å²) in [4.78, 5) is 14.3. The van der Waals surface area contributed by atoms with Crippen LogP contribution in [0, 0.1) is 19.3 Å². The molecule has 1 aliphatic heterocycles. The number of hydrogen-bond acceptors (Lipinski definition) is 4. The van der Waals surface area contributed by atoms with Crippen LogP contribution < -0.4 is 5.73 Å². The van der Waals surface area contributed by atoms with Gasteiger partial charge in [-0.3, -0.25) is 4.79 Å². The number of hydrogen-bond donors (Lipinski definition) is 1. The van der Waals surface area contributed by atoms with E-state index in [0.717, 1.165) is 6.42 Å². The number of aromatic nitrogens is 1. The number of nitrogens with zero attached hydrogens (tertiary/aromatic N) is 2. The number of piperidine rings is 1. The summed E-state index contributed by atoms with van der Waals surface area (Å²) >= 11 is 0. The molecule has 0 bridgehead atoms. The third-order valence-electron chi connectivity index (χ3n) is 3.85. The van der Waals surface area contributed by atoms with E-state index in [-0.39, 0.29) is 17.4 Å². The number of rotatable bonds is 1. The van der Waals surface area contributed by atoms with E-state index in [1.165, 1.54) is 0 Å². The molecule has 1 aromatic rings.